The molecule has 3 aromatic rings. The van der Waals surface area contributed by atoms with Crippen molar-refractivity contribution in [2.24, 2.45) is 0 Å². The van der Waals surface area contributed by atoms with E-state index in [1.807, 2.05) is 24.3 Å². The molecule has 0 amide bonds. The molecule has 1 heterocycles. The number of aliphatic hydroxyl groups excluding tert-OH is 1. The Hall–Kier alpha value is -2.27. The van der Waals surface area contributed by atoms with E-state index in [1.165, 1.54) is 12.1 Å². The average molecular weight is 288 g/mol. The number of hydrogen-bond acceptors (Lipinski definition) is 2. The van der Waals surface area contributed by atoms with Gasteiger partial charge in [0.05, 0.1) is 30.0 Å². The molecule has 5 heteroatoms. The molecule has 1 unspecified atom stereocenters. The number of hydrogen-bond donors (Lipinski definition) is 1. The predicted molar refractivity (Wildman–Crippen MR) is 75.8 cm³/mol. The fourth-order valence-corrected chi connectivity index (χ4v) is 2.41. The van der Waals surface area contributed by atoms with Gasteiger partial charge in [0.25, 0.3) is 0 Å². The summed E-state index contributed by atoms with van der Waals surface area (Å²) in [4.78, 5) is 4.23. The van der Waals surface area contributed by atoms with Gasteiger partial charge in [-0.15, -0.1) is 0 Å². The standard InChI is InChI=1S/C16H14F2N2O/c17-13-5-3-4-11(16(13)18)8-12(21)9-20-10-19-14-6-1-2-7-15(14)20/h1-7,10,12,21H,8-9H2. The molecular weight excluding hydrogens is 274 g/mol. The van der Waals surface area contributed by atoms with Crippen molar-refractivity contribution in [2.75, 3.05) is 0 Å². The summed E-state index contributed by atoms with van der Waals surface area (Å²) < 4.78 is 28.5. The van der Waals surface area contributed by atoms with Crippen LogP contribution in [0.15, 0.2) is 48.8 Å². The van der Waals surface area contributed by atoms with Crippen molar-refractivity contribution in [1.82, 2.24) is 9.55 Å². The lowest BCUT2D eigenvalue weighted by Crippen LogP contribution is -2.19. The SMILES string of the molecule is OC(Cc1cccc(F)c1F)Cn1cnc2ccccc21. The summed E-state index contributed by atoms with van der Waals surface area (Å²) in [5.41, 5.74) is 1.91. The first-order valence-corrected chi connectivity index (χ1v) is 6.66. The molecule has 21 heavy (non-hydrogen) atoms. The second-order valence-corrected chi connectivity index (χ2v) is 4.96. The molecule has 0 spiro atoms. The van der Waals surface area contributed by atoms with E-state index in [2.05, 4.69) is 4.98 Å². The fraction of sp³-hybridized carbons (Fsp3) is 0.188. The molecule has 3 rings (SSSR count). The summed E-state index contributed by atoms with van der Waals surface area (Å²) in [5.74, 6) is -1.79. The van der Waals surface area contributed by atoms with E-state index in [0.29, 0.717) is 0 Å². The van der Waals surface area contributed by atoms with E-state index in [4.69, 9.17) is 0 Å². The van der Waals surface area contributed by atoms with Gasteiger partial charge in [-0.2, -0.15) is 0 Å². The molecule has 0 aliphatic carbocycles. The van der Waals surface area contributed by atoms with Crippen molar-refractivity contribution in [3.8, 4) is 0 Å². The molecular formula is C16H14F2N2O. The van der Waals surface area contributed by atoms with Crippen LogP contribution in [0.4, 0.5) is 8.78 Å². The third-order valence-electron chi connectivity index (χ3n) is 3.42. The highest BCUT2D eigenvalue weighted by Crippen LogP contribution is 2.16. The van der Waals surface area contributed by atoms with E-state index < -0.39 is 17.7 Å². The van der Waals surface area contributed by atoms with E-state index in [1.54, 1.807) is 10.9 Å². The van der Waals surface area contributed by atoms with Gasteiger partial charge in [-0.05, 0) is 23.8 Å². The Balaban J connectivity index is 1.77. The molecule has 0 aliphatic rings. The van der Waals surface area contributed by atoms with Gasteiger partial charge in [-0.3, -0.25) is 0 Å². The Bertz CT molecular complexity index is 770. The molecule has 1 atom stereocenters. The number of imidazole rings is 1. The lowest BCUT2D eigenvalue weighted by molar-refractivity contribution is 0.154. The molecule has 0 bridgehead atoms. The number of benzene rings is 2. The summed E-state index contributed by atoms with van der Waals surface area (Å²) in [5, 5.41) is 10.1. The lowest BCUT2D eigenvalue weighted by atomic mass is 10.1. The highest BCUT2D eigenvalue weighted by Gasteiger charge is 2.14. The maximum Gasteiger partial charge on any atom is 0.162 e. The molecule has 0 radical (unpaired) electrons. The monoisotopic (exact) mass is 288 g/mol. The number of para-hydroxylation sites is 2. The number of halogens is 2. The van der Waals surface area contributed by atoms with Gasteiger partial charge >= 0.3 is 0 Å². The van der Waals surface area contributed by atoms with Gasteiger partial charge in [0.2, 0.25) is 0 Å². The molecule has 1 N–H and O–H groups in total. The Labute approximate surface area is 120 Å². The molecule has 0 aliphatic heterocycles. The minimum atomic E-state index is -0.896. The van der Waals surface area contributed by atoms with Crippen LogP contribution in [0.3, 0.4) is 0 Å². The third-order valence-corrected chi connectivity index (χ3v) is 3.42. The maximum absolute atomic E-state index is 13.6. The van der Waals surface area contributed by atoms with Crippen LogP contribution in [-0.4, -0.2) is 20.8 Å². The molecule has 3 nitrogen and oxygen atoms in total. The van der Waals surface area contributed by atoms with Crippen LogP contribution in [0, 0.1) is 11.6 Å². The quantitative estimate of drug-likeness (QED) is 0.801. The molecule has 0 fully saturated rings. The van der Waals surface area contributed by atoms with Crippen molar-refractivity contribution >= 4 is 11.0 Å². The summed E-state index contributed by atoms with van der Waals surface area (Å²) in [6.07, 6.45) is 0.866. The number of rotatable bonds is 4. The normalized spacial score (nSPS) is 12.7. The summed E-state index contributed by atoms with van der Waals surface area (Å²) in [6, 6.07) is 11.5. The van der Waals surface area contributed by atoms with Crippen molar-refractivity contribution in [1.29, 1.82) is 0 Å². The van der Waals surface area contributed by atoms with Crippen molar-refractivity contribution in [3.63, 3.8) is 0 Å². The number of nitrogens with zero attached hydrogens (tertiary/aromatic N) is 2. The van der Waals surface area contributed by atoms with Gasteiger partial charge in [0.1, 0.15) is 0 Å². The van der Waals surface area contributed by atoms with Gasteiger partial charge in [0.15, 0.2) is 11.6 Å². The predicted octanol–water partition coefficient (Wildman–Crippen LogP) is 2.92. The Morgan fingerprint density at radius 1 is 1.10 bits per heavy atom. The first-order chi connectivity index (χ1) is 10.1. The van der Waals surface area contributed by atoms with E-state index in [0.717, 1.165) is 17.1 Å². The maximum atomic E-state index is 13.6. The first-order valence-electron chi connectivity index (χ1n) is 6.66. The van der Waals surface area contributed by atoms with Crippen LogP contribution in [0.25, 0.3) is 11.0 Å². The summed E-state index contributed by atoms with van der Waals surface area (Å²) >= 11 is 0. The number of aromatic nitrogens is 2. The third kappa shape index (κ3) is 2.78. The highest BCUT2D eigenvalue weighted by molar-refractivity contribution is 5.74. The van der Waals surface area contributed by atoms with Gasteiger partial charge in [0, 0.05) is 6.42 Å². The summed E-state index contributed by atoms with van der Waals surface area (Å²) in [7, 11) is 0. The van der Waals surface area contributed by atoms with Crippen molar-refractivity contribution in [3.05, 3.63) is 66.0 Å². The highest BCUT2D eigenvalue weighted by atomic mass is 19.2. The van der Waals surface area contributed by atoms with Crippen LogP contribution in [-0.2, 0) is 13.0 Å². The zero-order chi connectivity index (χ0) is 14.8. The summed E-state index contributed by atoms with van der Waals surface area (Å²) in [6.45, 7) is 0.274. The topological polar surface area (TPSA) is 38.0 Å². The zero-order valence-electron chi connectivity index (χ0n) is 11.2. The molecule has 108 valence electrons. The fourth-order valence-electron chi connectivity index (χ4n) is 2.41. The largest absolute Gasteiger partial charge is 0.391 e. The van der Waals surface area contributed by atoms with Crippen LogP contribution >= 0.6 is 0 Å². The van der Waals surface area contributed by atoms with Crippen molar-refractivity contribution < 1.29 is 13.9 Å². The van der Waals surface area contributed by atoms with E-state index in [-0.39, 0.29) is 18.5 Å². The van der Waals surface area contributed by atoms with Crippen LogP contribution in [0.1, 0.15) is 5.56 Å². The molecule has 0 saturated carbocycles. The average Bonchev–Trinajstić information content (AvgIpc) is 2.87. The minimum Gasteiger partial charge on any atom is -0.391 e. The van der Waals surface area contributed by atoms with Crippen molar-refractivity contribution in [2.45, 2.75) is 19.1 Å². The van der Waals surface area contributed by atoms with E-state index in [9.17, 15) is 13.9 Å². The number of aliphatic hydroxyl groups is 1. The second-order valence-electron chi connectivity index (χ2n) is 4.96. The lowest BCUT2D eigenvalue weighted by Gasteiger charge is -2.13. The number of fused-ring (bicyclic) bond motifs is 1. The minimum absolute atomic E-state index is 0.0517. The second kappa shape index (κ2) is 5.61. The Morgan fingerprint density at radius 2 is 1.90 bits per heavy atom. The Kier molecular flexibility index (Phi) is 3.66. The molecule has 2 aromatic carbocycles. The van der Waals surface area contributed by atoms with Crippen LogP contribution in [0.2, 0.25) is 0 Å². The van der Waals surface area contributed by atoms with Crippen LogP contribution < -0.4 is 0 Å². The van der Waals surface area contributed by atoms with Gasteiger partial charge < -0.3 is 9.67 Å². The molecule has 0 saturated heterocycles. The van der Waals surface area contributed by atoms with Gasteiger partial charge in [-0.1, -0.05) is 24.3 Å². The van der Waals surface area contributed by atoms with Crippen LogP contribution in [0.5, 0.6) is 0 Å². The smallest absolute Gasteiger partial charge is 0.162 e. The van der Waals surface area contributed by atoms with E-state index >= 15 is 0 Å². The molecule has 1 aromatic heterocycles. The zero-order valence-corrected chi connectivity index (χ0v) is 11.2. The Morgan fingerprint density at radius 3 is 2.76 bits per heavy atom. The first kappa shape index (κ1) is 13.7. The van der Waals surface area contributed by atoms with Gasteiger partial charge in [-0.25, -0.2) is 13.8 Å².